The number of guanidine groups is 1. The zero-order valence-electron chi connectivity index (χ0n) is 17.9. The number of oxazole rings is 1. The van der Waals surface area contributed by atoms with Crippen molar-refractivity contribution in [1.29, 1.82) is 0 Å². The Bertz CT molecular complexity index is 778. The zero-order valence-corrected chi connectivity index (χ0v) is 20.2. The molecule has 1 aromatic heterocycles. The molecule has 2 rings (SSSR count). The number of aromatic nitrogens is 1. The van der Waals surface area contributed by atoms with E-state index in [1.54, 1.807) is 0 Å². The van der Waals surface area contributed by atoms with Crippen LogP contribution in [0.1, 0.15) is 54.0 Å². The second kappa shape index (κ2) is 12.5. The molecule has 0 bridgehead atoms. The Labute approximate surface area is 190 Å². The Balaban J connectivity index is 0.00000420. The molecule has 29 heavy (non-hydrogen) atoms. The highest BCUT2D eigenvalue weighted by Crippen LogP contribution is 2.10. The predicted molar refractivity (Wildman–Crippen MR) is 127 cm³/mol. The van der Waals surface area contributed by atoms with Gasteiger partial charge in [-0.1, -0.05) is 12.1 Å². The quantitative estimate of drug-likeness (QED) is 0.320. The minimum atomic E-state index is 0. The number of nitrogens with one attached hydrogen (secondary N) is 2. The van der Waals surface area contributed by atoms with Gasteiger partial charge in [0, 0.05) is 25.2 Å². The maximum Gasteiger partial charge on any atom is 0.253 e. The maximum atomic E-state index is 12.4. The molecule has 0 aliphatic heterocycles. The number of aryl methyl sites for hydroxylation is 2. The summed E-state index contributed by atoms with van der Waals surface area (Å²) in [4.78, 5) is 23.2. The van der Waals surface area contributed by atoms with Crippen molar-refractivity contribution in [3.63, 3.8) is 0 Å². The van der Waals surface area contributed by atoms with Crippen molar-refractivity contribution in [2.45, 2.75) is 47.7 Å². The number of benzene rings is 1. The molecule has 8 heteroatoms. The molecule has 0 saturated carbocycles. The first-order valence-corrected chi connectivity index (χ1v) is 9.81. The SMILES string of the molecule is CCNC(=NCc1ccc(C(=O)N(CC)CC)cc1)NCc1nc(C)c(C)o1.I. The van der Waals surface area contributed by atoms with E-state index in [0.29, 0.717) is 43.6 Å². The van der Waals surface area contributed by atoms with E-state index in [0.717, 1.165) is 23.6 Å². The molecule has 1 aromatic carbocycles. The number of rotatable bonds is 8. The van der Waals surface area contributed by atoms with E-state index < -0.39 is 0 Å². The van der Waals surface area contributed by atoms with Gasteiger partial charge >= 0.3 is 0 Å². The van der Waals surface area contributed by atoms with Gasteiger partial charge in [-0.2, -0.15) is 0 Å². The molecule has 7 nitrogen and oxygen atoms in total. The summed E-state index contributed by atoms with van der Waals surface area (Å²) < 4.78 is 5.59. The molecule has 1 heterocycles. The van der Waals surface area contributed by atoms with Crippen molar-refractivity contribution < 1.29 is 9.21 Å². The molecule has 0 unspecified atom stereocenters. The topological polar surface area (TPSA) is 82.8 Å². The number of carbonyl (C=O) groups is 1. The summed E-state index contributed by atoms with van der Waals surface area (Å²) in [6.45, 7) is 13.0. The number of hydrogen-bond acceptors (Lipinski definition) is 4. The van der Waals surface area contributed by atoms with Gasteiger partial charge in [-0.3, -0.25) is 4.79 Å². The number of amides is 1. The molecule has 2 N–H and O–H groups in total. The van der Waals surface area contributed by atoms with Crippen LogP contribution in [0, 0.1) is 13.8 Å². The largest absolute Gasteiger partial charge is 0.444 e. The molecular formula is C21H32IN5O2. The van der Waals surface area contributed by atoms with E-state index in [4.69, 9.17) is 4.42 Å². The zero-order chi connectivity index (χ0) is 20.5. The Morgan fingerprint density at radius 2 is 1.76 bits per heavy atom. The molecule has 2 aromatic rings. The Hall–Kier alpha value is -2.10. The summed E-state index contributed by atoms with van der Waals surface area (Å²) in [5.74, 6) is 2.23. The fourth-order valence-electron chi connectivity index (χ4n) is 2.73. The van der Waals surface area contributed by atoms with Crippen molar-refractivity contribution >= 4 is 35.8 Å². The summed E-state index contributed by atoms with van der Waals surface area (Å²) in [7, 11) is 0. The second-order valence-corrected chi connectivity index (χ2v) is 6.47. The Kier molecular flexibility index (Phi) is 10.7. The lowest BCUT2D eigenvalue weighted by Gasteiger charge is -2.18. The molecule has 160 valence electrons. The van der Waals surface area contributed by atoms with E-state index in [-0.39, 0.29) is 29.9 Å². The molecule has 0 atom stereocenters. The molecule has 0 spiro atoms. The molecular weight excluding hydrogens is 481 g/mol. The van der Waals surface area contributed by atoms with Gasteiger partial charge in [0.1, 0.15) is 5.76 Å². The van der Waals surface area contributed by atoms with Gasteiger partial charge in [0.05, 0.1) is 18.8 Å². The minimum Gasteiger partial charge on any atom is -0.444 e. The van der Waals surface area contributed by atoms with Gasteiger partial charge in [-0.25, -0.2) is 9.98 Å². The maximum absolute atomic E-state index is 12.4. The van der Waals surface area contributed by atoms with Crippen LogP contribution in [0.2, 0.25) is 0 Å². The first kappa shape index (κ1) is 24.9. The van der Waals surface area contributed by atoms with Gasteiger partial charge in [0.15, 0.2) is 5.96 Å². The number of carbonyl (C=O) groups excluding carboxylic acids is 1. The third-order valence-corrected chi connectivity index (χ3v) is 4.50. The fourth-order valence-corrected chi connectivity index (χ4v) is 2.73. The Morgan fingerprint density at radius 1 is 1.10 bits per heavy atom. The lowest BCUT2D eigenvalue weighted by Crippen LogP contribution is -2.36. The minimum absolute atomic E-state index is 0. The van der Waals surface area contributed by atoms with Gasteiger partial charge in [-0.05, 0) is 52.3 Å². The molecule has 0 saturated heterocycles. The normalized spacial score (nSPS) is 11.0. The molecule has 0 aliphatic rings. The van der Waals surface area contributed by atoms with Crippen molar-refractivity contribution in [3.8, 4) is 0 Å². The summed E-state index contributed by atoms with van der Waals surface area (Å²) >= 11 is 0. The van der Waals surface area contributed by atoms with Gasteiger partial charge in [0.2, 0.25) is 5.89 Å². The number of nitrogens with zero attached hydrogens (tertiary/aromatic N) is 3. The van der Waals surface area contributed by atoms with Crippen molar-refractivity contribution in [3.05, 3.63) is 52.7 Å². The van der Waals surface area contributed by atoms with Gasteiger partial charge in [-0.15, -0.1) is 24.0 Å². The molecule has 0 fully saturated rings. The van der Waals surface area contributed by atoms with E-state index in [1.807, 2.05) is 63.8 Å². The predicted octanol–water partition coefficient (Wildman–Crippen LogP) is 3.65. The van der Waals surface area contributed by atoms with E-state index in [2.05, 4.69) is 20.6 Å². The van der Waals surface area contributed by atoms with Crippen molar-refractivity contribution in [2.24, 2.45) is 4.99 Å². The van der Waals surface area contributed by atoms with Crippen LogP contribution in [0.15, 0.2) is 33.7 Å². The van der Waals surface area contributed by atoms with Crippen LogP contribution < -0.4 is 10.6 Å². The molecule has 0 radical (unpaired) electrons. The summed E-state index contributed by atoms with van der Waals surface area (Å²) in [5, 5.41) is 6.44. The monoisotopic (exact) mass is 513 g/mol. The number of halogens is 1. The second-order valence-electron chi connectivity index (χ2n) is 6.47. The summed E-state index contributed by atoms with van der Waals surface area (Å²) in [6, 6.07) is 7.63. The lowest BCUT2D eigenvalue weighted by atomic mass is 10.1. The Morgan fingerprint density at radius 3 is 2.28 bits per heavy atom. The van der Waals surface area contributed by atoms with Crippen LogP contribution in [0.25, 0.3) is 0 Å². The molecule has 0 aliphatic carbocycles. The summed E-state index contributed by atoms with van der Waals surface area (Å²) in [5.41, 5.74) is 2.64. The summed E-state index contributed by atoms with van der Waals surface area (Å²) in [6.07, 6.45) is 0. The van der Waals surface area contributed by atoms with Gasteiger partial charge in [0.25, 0.3) is 5.91 Å². The van der Waals surface area contributed by atoms with Crippen LogP contribution in [-0.4, -0.2) is 41.4 Å². The van der Waals surface area contributed by atoms with Crippen LogP contribution in [0.4, 0.5) is 0 Å². The fraction of sp³-hybridized carbons (Fsp3) is 0.476. The van der Waals surface area contributed by atoms with E-state index >= 15 is 0 Å². The first-order valence-electron chi connectivity index (χ1n) is 9.81. The van der Waals surface area contributed by atoms with E-state index in [9.17, 15) is 4.79 Å². The number of aliphatic imine (C=N–C) groups is 1. The van der Waals surface area contributed by atoms with Crippen LogP contribution >= 0.6 is 24.0 Å². The smallest absolute Gasteiger partial charge is 0.253 e. The van der Waals surface area contributed by atoms with Gasteiger partial charge < -0.3 is 20.0 Å². The highest BCUT2D eigenvalue weighted by molar-refractivity contribution is 14.0. The average molecular weight is 513 g/mol. The third kappa shape index (κ3) is 7.34. The molecule has 1 amide bonds. The van der Waals surface area contributed by atoms with Crippen LogP contribution in [0.5, 0.6) is 0 Å². The van der Waals surface area contributed by atoms with E-state index in [1.165, 1.54) is 0 Å². The van der Waals surface area contributed by atoms with Crippen LogP contribution in [0.3, 0.4) is 0 Å². The average Bonchev–Trinajstić information content (AvgIpc) is 3.03. The standard InChI is InChI=1S/C21H31N5O2.HI/c1-6-22-21(24-14-19-25-15(4)16(5)28-19)23-13-17-9-11-18(12-10-17)20(27)26(7-2)8-3;/h9-12H,6-8,13-14H2,1-5H3,(H2,22,23,24);1H. The first-order chi connectivity index (χ1) is 13.5. The van der Waals surface area contributed by atoms with Crippen molar-refractivity contribution in [2.75, 3.05) is 19.6 Å². The highest BCUT2D eigenvalue weighted by Gasteiger charge is 2.12. The van der Waals surface area contributed by atoms with Crippen molar-refractivity contribution in [1.82, 2.24) is 20.5 Å². The lowest BCUT2D eigenvalue weighted by molar-refractivity contribution is 0.0773. The number of hydrogen-bond donors (Lipinski definition) is 2. The highest BCUT2D eigenvalue weighted by atomic mass is 127. The van der Waals surface area contributed by atoms with Crippen LogP contribution in [-0.2, 0) is 13.1 Å². The third-order valence-electron chi connectivity index (χ3n) is 4.50.